The molecule has 0 aliphatic heterocycles. The van der Waals surface area contributed by atoms with Crippen molar-refractivity contribution in [1.82, 2.24) is 0 Å². The fourth-order valence-electron chi connectivity index (χ4n) is 3.16. The highest BCUT2D eigenvalue weighted by atomic mass is 28.4. The third kappa shape index (κ3) is 4.41. The second-order valence-electron chi connectivity index (χ2n) is 8.63. The lowest BCUT2D eigenvalue weighted by molar-refractivity contribution is -0.128. The quantitative estimate of drug-likeness (QED) is 0.623. The lowest BCUT2D eigenvalue weighted by Gasteiger charge is -2.43. The zero-order chi connectivity index (χ0) is 16.4. The van der Waals surface area contributed by atoms with Crippen molar-refractivity contribution in [3.63, 3.8) is 0 Å². The van der Waals surface area contributed by atoms with Crippen LogP contribution in [0, 0.1) is 23.7 Å². The van der Waals surface area contributed by atoms with E-state index in [1.165, 1.54) is 6.42 Å². The molecule has 0 bridgehead atoms. The summed E-state index contributed by atoms with van der Waals surface area (Å²) >= 11 is 0. The number of hydrogen-bond donors (Lipinski definition) is 0. The fraction of sp³-hybridized carbons (Fsp3) is 0.944. The summed E-state index contributed by atoms with van der Waals surface area (Å²) in [4.78, 5) is 12.2. The summed E-state index contributed by atoms with van der Waals surface area (Å²) in [7, 11) is -1.77. The van der Waals surface area contributed by atoms with Gasteiger partial charge in [0.2, 0.25) is 0 Å². The standard InChI is InChI=1S/C18H36O2Si/c1-13(2)18(5,6)21(7,8)20-12-15(4)16-10-9-14(3)11-17(16)19/h13-16H,9-12H2,1-8H3/t14-,15-,16+/m1/s1. The minimum atomic E-state index is -1.77. The summed E-state index contributed by atoms with van der Waals surface area (Å²) in [5.41, 5.74) is 0. The molecule has 0 unspecified atom stereocenters. The first-order valence-electron chi connectivity index (χ1n) is 8.65. The predicted octanol–water partition coefficient (Wildman–Crippen LogP) is 5.29. The average Bonchev–Trinajstić information content (AvgIpc) is 2.35. The molecule has 0 aromatic carbocycles. The van der Waals surface area contributed by atoms with Crippen LogP contribution in [0.5, 0.6) is 0 Å². The van der Waals surface area contributed by atoms with Crippen LogP contribution in [0.3, 0.4) is 0 Å². The van der Waals surface area contributed by atoms with Gasteiger partial charge in [-0.15, -0.1) is 0 Å². The first-order chi connectivity index (χ1) is 9.49. The topological polar surface area (TPSA) is 26.3 Å². The van der Waals surface area contributed by atoms with Crippen LogP contribution in [0.25, 0.3) is 0 Å². The van der Waals surface area contributed by atoms with E-state index < -0.39 is 8.32 Å². The molecule has 0 aromatic heterocycles. The third-order valence-corrected chi connectivity index (χ3v) is 10.9. The van der Waals surface area contributed by atoms with Crippen molar-refractivity contribution in [2.75, 3.05) is 6.61 Å². The van der Waals surface area contributed by atoms with E-state index in [1.54, 1.807) is 0 Å². The largest absolute Gasteiger partial charge is 0.417 e. The van der Waals surface area contributed by atoms with Crippen LogP contribution in [0.15, 0.2) is 0 Å². The minimum Gasteiger partial charge on any atom is -0.417 e. The molecule has 0 radical (unpaired) electrons. The number of rotatable bonds is 6. The van der Waals surface area contributed by atoms with E-state index in [1.807, 2.05) is 0 Å². The maximum absolute atomic E-state index is 12.2. The molecule has 3 atom stereocenters. The lowest BCUT2D eigenvalue weighted by Crippen LogP contribution is -2.46. The Kier molecular flexibility index (Phi) is 6.25. The van der Waals surface area contributed by atoms with Crippen molar-refractivity contribution in [3.8, 4) is 0 Å². The van der Waals surface area contributed by atoms with Crippen LogP contribution in [-0.2, 0) is 9.22 Å². The summed E-state index contributed by atoms with van der Waals surface area (Å²) < 4.78 is 6.43. The van der Waals surface area contributed by atoms with Gasteiger partial charge in [-0.1, -0.05) is 41.5 Å². The van der Waals surface area contributed by atoms with E-state index in [-0.39, 0.29) is 11.0 Å². The van der Waals surface area contributed by atoms with Gasteiger partial charge >= 0.3 is 0 Å². The third-order valence-electron chi connectivity index (χ3n) is 6.32. The number of hydrogen-bond acceptors (Lipinski definition) is 2. The molecule has 124 valence electrons. The fourth-order valence-corrected chi connectivity index (χ4v) is 5.60. The molecule has 0 amide bonds. The Morgan fingerprint density at radius 3 is 2.29 bits per heavy atom. The first kappa shape index (κ1) is 18.9. The second-order valence-corrected chi connectivity index (χ2v) is 13.2. The molecule has 0 heterocycles. The molecule has 1 rings (SSSR count). The average molecular weight is 313 g/mol. The van der Waals surface area contributed by atoms with E-state index in [0.29, 0.717) is 23.5 Å². The van der Waals surface area contributed by atoms with E-state index in [4.69, 9.17) is 4.43 Å². The number of ketones is 1. The molecule has 0 N–H and O–H groups in total. The van der Waals surface area contributed by atoms with Crippen molar-refractivity contribution in [2.24, 2.45) is 23.7 Å². The molecule has 2 nitrogen and oxygen atoms in total. The maximum Gasteiger partial charge on any atom is 0.192 e. The Bertz CT molecular complexity index is 360. The number of carbonyl (C=O) groups excluding carboxylic acids is 1. The van der Waals surface area contributed by atoms with Crippen LogP contribution in [0.1, 0.15) is 60.8 Å². The molecule has 1 aliphatic rings. The van der Waals surface area contributed by atoms with Gasteiger partial charge in [0, 0.05) is 18.9 Å². The van der Waals surface area contributed by atoms with Gasteiger partial charge in [0.1, 0.15) is 5.78 Å². The monoisotopic (exact) mass is 312 g/mol. The van der Waals surface area contributed by atoms with E-state index in [9.17, 15) is 4.79 Å². The molecular formula is C18H36O2Si. The molecular weight excluding hydrogens is 276 g/mol. The van der Waals surface area contributed by atoms with Crippen LogP contribution in [0.4, 0.5) is 0 Å². The normalized spacial score (nSPS) is 26.2. The van der Waals surface area contributed by atoms with Crippen LogP contribution in [-0.4, -0.2) is 20.7 Å². The summed E-state index contributed by atoms with van der Waals surface area (Å²) in [6, 6.07) is 0. The highest BCUT2D eigenvalue weighted by Gasteiger charge is 2.43. The molecule has 0 spiro atoms. The molecule has 1 aliphatic carbocycles. The van der Waals surface area contributed by atoms with Gasteiger partial charge in [0.25, 0.3) is 0 Å². The maximum atomic E-state index is 12.2. The lowest BCUT2D eigenvalue weighted by atomic mass is 9.76. The smallest absolute Gasteiger partial charge is 0.192 e. The van der Waals surface area contributed by atoms with Gasteiger partial charge in [-0.2, -0.15) is 0 Å². The van der Waals surface area contributed by atoms with E-state index in [0.717, 1.165) is 19.4 Å². The van der Waals surface area contributed by atoms with Crippen LogP contribution >= 0.6 is 0 Å². The molecule has 0 aromatic rings. The number of carbonyl (C=O) groups is 1. The molecule has 0 saturated heterocycles. The van der Waals surface area contributed by atoms with Crippen LogP contribution in [0.2, 0.25) is 18.1 Å². The summed E-state index contributed by atoms with van der Waals surface area (Å²) in [6.07, 6.45) is 3.02. The Hall–Kier alpha value is -0.153. The SMILES string of the molecule is CC(C)C(C)(C)[Si](C)(C)OC[C@@H](C)[C@@H]1CC[C@@H](C)CC1=O. The van der Waals surface area contributed by atoms with Crippen LogP contribution < -0.4 is 0 Å². The zero-order valence-electron chi connectivity index (χ0n) is 15.5. The Morgan fingerprint density at radius 1 is 1.24 bits per heavy atom. The van der Waals surface area contributed by atoms with Gasteiger partial charge in [-0.25, -0.2) is 0 Å². The van der Waals surface area contributed by atoms with Crippen molar-refractivity contribution < 1.29 is 9.22 Å². The van der Waals surface area contributed by atoms with Gasteiger partial charge < -0.3 is 4.43 Å². The highest BCUT2D eigenvalue weighted by Crippen LogP contribution is 2.45. The Labute approximate surface area is 133 Å². The molecule has 3 heteroatoms. The summed E-state index contributed by atoms with van der Waals surface area (Å²) in [6.45, 7) is 19.0. The van der Waals surface area contributed by atoms with Gasteiger partial charge in [-0.05, 0) is 48.7 Å². The predicted molar refractivity (Wildman–Crippen MR) is 93.0 cm³/mol. The van der Waals surface area contributed by atoms with E-state index in [2.05, 4.69) is 54.6 Å². The van der Waals surface area contributed by atoms with Gasteiger partial charge in [0.15, 0.2) is 8.32 Å². The Morgan fingerprint density at radius 2 is 1.81 bits per heavy atom. The zero-order valence-corrected chi connectivity index (χ0v) is 16.5. The molecule has 1 fully saturated rings. The highest BCUT2D eigenvalue weighted by molar-refractivity contribution is 6.74. The Balaban J connectivity index is 2.60. The van der Waals surface area contributed by atoms with E-state index >= 15 is 0 Å². The molecule has 1 saturated carbocycles. The summed E-state index contributed by atoms with van der Waals surface area (Å²) in [5, 5.41) is 0.248. The van der Waals surface area contributed by atoms with Crippen molar-refractivity contribution in [3.05, 3.63) is 0 Å². The minimum absolute atomic E-state index is 0.230. The second kappa shape index (κ2) is 6.95. The van der Waals surface area contributed by atoms with Crippen molar-refractivity contribution in [2.45, 2.75) is 78.9 Å². The number of Topliss-reactive ketones (excluding diaryl/α,β-unsaturated/α-hetero) is 1. The van der Waals surface area contributed by atoms with Crippen molar-refractivity contribution in [1.29, 1.82) is 0 Å². The first-order valence-corrected chi connectivity index (χ1v) is 11.6. The van der Waals surface area contributed by atoms with Gasteiger partial charge in [-0.3, -0.25) is 4.79 Å². The van der Waals surface area contributed by atoms with Crippen molar-refractivity contribution >= 4 is 14.1 Å². The summed E-state index contributed by atoms with van der Waals surface area (Å²) in [5.74, 6) is 2.25. The molecule has 21 heavy (non-hydrogen) atoms. The van der Waals surface area contributed by atoms with Gasteiger partial charge in [0.05, 0.1) is 0 Å².